The topological polar surface area (TPSA) is 89.2 Å². The zero-order chi connectivity index (χ0) is 17.1. The first-order chi connectivity index (χ1) is 11.5. The minimum atomic E-state index is -0.198. The molecule has 0 aliphatic rings. The highest BCUT2D eigenvalue weighted by Gasteiger charge is 2.18. The molecule has 3 aromatic rings. The van der Waals surface area contributed by atoms with Crippen molar-refractivity contribution in [2.75, 3.05) is 7.05 Å². The molecule has 0 saturated carbocycles. The number of amides is 1. The number of nitrogens with zero attached hydrogens (tertiary/aromatic N) is 4. The average Bonchev–Trinajstić information content (AvgIpc) is 3.24. The minimum absolute atomic E-state index is 0.0550. The van der Waals surface area contributed by atoms with Gasteiger partial charge >= 0.3 is 0 Å². The number of hydrogen-bond donors (Lipinski definition) is 0. The van der Waals surface area contributed by atoms with E-state index in [0.29, 0.717) is 21.5 Å². The van der Waals surface area contributed by atoms with Crippen LogP contribution in [-0.2, 0) is 6.54 Å². The minimum Gasteiger partial charge on any atom is -0.337 e. The number of Topliss-reactive ketones (excluding diaryl/α,β-unsaturated/α-hetero) is 1. The van der Waals surface area contributed by atoms with Gasteiger partial charge in [-0.05, 0) is 31.2 Å². The maximum Gasteiger partial charge on any atom is 0.264 e. The van der Waals surface area contributed by atoms with Gasteiger partial charge in [0.1, 0.15) is 6.54 Å². The van der Waals surface area contributed by atoms with Gasteiger partial charge in [-0.1, -0.05) is 5.16 Å². The maximum atomic E-state index is 12.4. The van der Waals surface area contributed by atoms with Gasteiger partial charge in [-0.15, -0.1) is 11.3 Å². The summed E-state index contributed by atoms with van der Waals surface area (Å²) in [6.45, 7) is 1.66. The van der Waals surface area contributed by atoms with Crippen LogP contribution < -0.4 is 0 Å². The van der Waals surface area contributed by atoms with Crippen LogP contribution in [0.3, 0.4) is 0 Å². The Kier molecular flexibility index (Phi) is 4.48. The van der Waals surface area contributed by atoms with Crippen LogP contribution in [0.15, 0.2) is 41.2 Å². The van der Waals surface area contributed by atoms with Crippen molar-refractivity contribution in [3.05, 3.63) is 52.3 Å². The molecule has 0 radical (unpaired) electrons. The van der Waals surface area contributed by atoms with E-state index in [2.05, 4.69) is 15.1 Å². The van der Waals surface area contributed by atoms with Gasteiger partial charge in [0.25, 0.3) is 5.91 Å². The molecule has 0 unspecified atom stereocenters. The van der Waals surface area contributed by atoms with E-state index < -0.39 is 0 Å². The van der Waals surface area contributed by atoms with Gasteiger partial charge in [0.15, 0.2) is 5.78 Å². The third-order valence-electron chi connectivity index (χ3n) is 3.29. The van der Waals surface area contributed by atoms with E-state index >= 15 is 0 Å². The molecule has 0 aromatic carbocycles. The molecule has 0 atom stereocenters. The van der Waals surface area contributed by atoms with Crippen molar-refractivity contribution in [2.24, 2.45) is 0 Å². The molecule has 3 heterocycles. The van der Waals surface area contributed by atoms with Crippen LogP contribution in [0.5, 0.6) is 0 Å². The zero-order valence-electron chi connectivity index (χ0n) is 13.1. The number of pyridine rings is 1. The van der Waals surface area contributed by atoms with Crippen LogP contribution in [0.25, 0.3) is 11.4 Å². The molecule has 3 aromatic heterocycles. The zero-order valence-corrected chi connectivity index (χ0v) is 13.9. The third kappa shape index (κ3) is 3.38. The number of carbonyl (C=O) groups excluding carboxylic acids is 2. The summed E-state index contributed by atoms with van der Waals surface area (Å²) in [4.78, 5) is 34.5. The number of ketones is 1. The fourth-order valence-electron chi connectivity index (χ4n) is 2.04. The Balaban J connectivity index is 1.70. The van der Waals surface area contributed by atoms with Crippen molar-refractivity contribution < 1.29 is 14.1 Å². The number of aromatic nitrogens is 3. The summed E-state index contributed by atoms with van der Waals surface area (Å²) in [5.41, 5.74) is 0.790. The lowest BCUT2D eigenvalue weighted by atomic mass is 10.2. The van der Waals surface area contributed by atoms with Crippen LogP contribution in [-0.4, -0.2) is 38.8 Å². The third-order valence-corrected chi connectivity index (χ3v) is 4.46. The quantitative estimate of drug-likeness (QED) is 0.662. The Morgan fingerprint density at radius 1 is 1.17 bits per heavy atom. The van der Waals surface area contributed by atoms with Gasteiger partial charge in [-0.2, -0.15) is 4.98 Å². The van der Waals surface area contributed by atoms with Crippen molar-refractivity contribution in [1.82, 2.24) is 20.0 Å². The first-order valence-corrected chi connectivity index (χ1v) is 7.95. The first-order valence-electron chi connectivity index (χ1n) is 7.14. The van der Waals surface area contributed by atoms with Crippen LogP contribution >= 0.6 is 11.3 Å². The van der Waals surface area contributed by atoms with E-state index in [1.54, 1.807) is 43.7 Å². The second-order valence-corrected chi connectivity index (χ2v) is 6.21. The molecular formula is C16H14N4O3S. The SMILES string of the molecule is CC(=O)c1ccc(C(=O)N(C)Cc2nc(-c3ccncc3)no2)s1. The molecule has 0 fully saturated rings. The summed E-state index contributed by atoms with van der Waals surface area (Å²) in [5.74, 6) is 0.529. The summed E-state index contributed by atoms with van der Waals surface area (Å²) < 4.78 is 5.19. The van der Waals surface area contributed by atoms with Gasteiger partial charge in [-0.3, -0.25) is 14.6 Å². The molecule has 1 amide bonds. The van der Waals surface area contributed by atoms with Crippen molar-refractivity contribution in [3.63, 3.8) is 0 Å². The Morgan fingerprint density at radius 2 is 1.88 bits per heavy atom. The van der Waals surface area contributed by atoms with Crippen LogP contribution in [0.2, 0.25) is 0 Å². The molecule has 122 valence electrons. The van der Waals surface area contributed by atoms with Crippen molar-refractivity contribution in [2.45, 2.75) is 13.5 Å². The lowest BCUT2D eigenvalue weighted by Gasteiger charge is -2.13. The van der Waals surface area contributed by atoms with Gasteiger partial charge in [-0.25, -0.2) is 0 Å². The fourth-order valence-corrected chi connectivity index (χ4v) is 2.94. The van der Waals surface area contributed by atoms with Gasteiger partial charge < -0.3 is 9.42 Å². The molecule has 3 rings (SSSR count). The summed E-state index contributed by atoms with van der Waals surface area (Å²) >= 11 is 1.18. The molecule has 0 N–H and O–H groups in total. The summed E-state index contributed by atoms with van der Waals surface area (Å²) in [6, 6.07) is 6.86. The van der Waals surface area contributed by atoms with E-state index in [1.165, 1.54) is 23.2 Å². The standard InChI is InChI=1S/C16H14N4O3S/c1-10(21)12-3-4-13(24-12)16(22)20(2)9-14-18-15(19-23-14)11-5-7-17-8-6-11/h3-8H,9H2,1-2H3. The predicted molar refractivity (Wildman–Crippen MR) is 87.7 cm³/mol. The molecule has 8 heteroatoms. The first kappa shape index (κ1) is 16.0. The fraction of sp³-hybridized carbons (Fsp3) is 0.188. The smallest absolute Gasteiger partial charge is 0.264 e. The van der Waals surface area contributed by atoms with Crippen molar-refractivity contribution in [3.8, 4) is 11.4 Å². The lowest BCUT2D eigenvalue weighted by Crippen LogP contribution is -2.25. The Bertz CT molecular complexity index is 872. The van der Waals surface area contributed by atoms with Crippen molar-refractivity contribution >= 4 is 23.0 Å². The van der Waals surface area contributed by atoms with Crippen LogP contribution in [0.4, 0.5) is 0 Å². The Labute approximate surface area is 141 Å². The highest BCUT2D eigenvalue weighted by atomic mass is 32.1. The molecule has 0 aliphatic heterocycles. The highest BCUT2D eigenvalue weighted by molar-refractivity contribution is 7.15. The second-order valence-electron chi connectivity index (χ2n) is 5.13. The summed E-state index contributed by atoms with van der Waals surface area (Å²) in [5, 5.41) is 3.90. The van der Waals surface area contributed by atoms with Gasteiger partial charge in [0, 0.05) is 25.0 Å². The molecular weight excluding hydrogens is 328 g/mol. The van der Waals surface area contributed by atoms with E-state index in [9.17, 15) is 9.59 Å². The van der Waals surface area contributed by atoms with E-state index in [4.69, 9.17) is 4.52 Å². The monoisotopic (exact) mass is 342 g/mol. The number of thiophene rings is 1. The molecule has 0 aliphatic carbocycles. The Hall–Kier alpha value is -2.87. The van der Waals surface area contributed by atoms with Crippen molar-refractivity contribution in [1.29, 1.82) is 0 Å². The average molecular weight is 342 g/mol. The summed E-state index contributed by atoms with van der Waals surface area (Å²) in [7, 11) is 1.64. The summed E-state index contributed by atoms with van der Waals surface area (Å²) in [6.07, 6.45) is 3.29. The molecule has 7 nitrogen and oxygen atoms in total. The Morgan fingerprint density at radius 3 is 2.54 bits per heavy atom. The highest BCUT2D eigenvalue weighted by Crippen LogP contribution is 2.20. The molecule has 0 spiro atoms. The number of hydrogen-bond acceptors (Lipinski definition) is 7. The largest absolute Gasteiger partial charge is 0.337 e. The van der Waals surface area contributed by atoms with E-state index in [1.807, 2.05) is 0 Å². The lowest BCUT2D eigenvalue weighted by molar-refractivity contribution is 0.0774. The number of carbonyl (C=O) groups is 2. The van der Waals surface area contributed by atoms with Crippen LogP contribution in [0, 0.1) is 0 Å². The number of rotatable bonds is 5. The normalized spacial score (nSPS) is 10.6. The molecule has 0 saturated heterocycles. The van der Waals surface area contributed by atoms with Gasteiger partial charge in [0.05, 0.1) is 9.75 Å². The molecule has 0 bridgehead atoms. The van der Waals surface area contributed by atoms with E-state index in [0.717, 1.165) is 5.56 Å². The van der Waals surface area contributed by atoms with Gasteiger partial charge in [0.2, 0.25) is 11.7 Å². The maximum absolute atomic E-state index is 12.4. The second kappa shape index (κ2) is 6.71. The predicted octanol–water partition coefficient (Wildman–Crippen LogP) is 2.67. The molecule has 24 heavy (non-hydrogen) atoms. The van der Waals surface area contributed by atoms with Crippen LogP contribution in [0.1, 0.15) is 32.2 Å². The van der Waals surface area contributed by atoms with E-state index in [-0.39, 0.29) is 18.2 Å².